The molecule has 27 heavy (non-hydrogen) atoms. The monoisotopic (exact) mass is 364 g/mol. The smallest absolute Gasteiger partial charge is 0.285 e. The highest BCUT2D eigenvalue weighted by Crippen LogP contribution is 2.30. The number of amides is 1. The summed E-state index contributed by atoms with van der Waals surface area (Å²) in [5.41, 5.74) is 2.44. The van der Waals surface area contributed by atoms with Crippen molar-refractivity contribution in [1.82, 2.24) is 14.9 Å². The quantitative estimate of drug-likeness (QED) is 0.565. The van der Waals surface area contributed by atoms with E-state index >= 15 is 0 Å². The van der Waals surface area contributed by atoms with Crippen LogP contribution in [0.4, 0.5) is 5.69 Å². The number of fused-ring (bicyclic) bond motifs is 1. The number of carbonyl (C=O) groups excluding carboxylic acids is 1. The molecule has 1 aliphatic heterocycles. The lowest BCUT2D eigenvalue weighted by atomic mass is 9.96. The van der Waals surface area contributed by atoms with Crippen molar-refractivity contribution in [2.24, 2.45) is 0 Å². The summed E-state index contributed by atoms with van der Waals surface area (Å²) in [5, 5.41) is 11.4. The molecular formula is C20H20N4O3. The minimum Gasteiger partial charge on any atom is -0.342 e. The molecule has 4 rings (SSSR count). The molecule has 0 radical (unpaired) electrons. The van der Waals surface area contributed by atoms with Crippen LogP contribution in [0.1, 0.15) is 40.5 Å². The normalized spacial score (nSPS) is 17.2. The largest absolute Gasteiger partial charge is 0.342 e. The van der Waals surface area contributed by atoms with Crippen molar-refractivity contribution in [3.63, 3.8) is 0 Å². The van der Waals surface area contributed by atoms with Crippen LogP contribution in [0.2, 0.25) is 0 Å². The van der Waals surface area contributed by atoms with Gasteiger partial charge in [-0.25, -0.2) is 4.98 Å². The standard InChI is InChI=1S/C20H20N4O3/c1-13-6-4-8-15(18(13)24(26)27)20(25)23-11-5-7-14(12-23)19-21-16-9-2-3-10-17(16)22-19/h2-4,6,8-10,14H,5,7,11-12H2,1H3,(H,21,22)/t14-/m1/s1. The minimum atomic E-state index is -0.469. The van der Waals surface area contributed by atoms with Gasteiger partial charge in [0.15, 0.2) is 0 Å². The molecule has 7 nitrogen and oxygen atoms in total. The van der Waals surface area contributed by atoms with Crippen LogP contribution in [-0.2, 0) is 0 Å². The summed E-state index contributed by atoms with van der Waals surface area (Å²) in [6.07, 6.45) is 1.77. The number of nitro benzene ring substituents is 1. The number of carbonyl (C=O) groups is 1. The number of aromatic amines is 1. The molecule has 1 saturated heterocycles. The maximum atomic E-state index is 13.0. The van der Waals surface area contributed by atoms with Gasteiger partial charge < -0.3 is 9.88 Å². The SMILES string of the molecule is Cc1cccc(C(=O)N2CCC[C@@H](c3nc4ccccc4[nH]3)C2)c1[N+](=O)[O-]. The molecule has 1 amide bonds. The van der Waals surface area contributed by atoms with Gasteiger partial charge in [-0.05, 0) is 38.0 Å². The van der Waals surface area contributed by atoms with Gasteiger partial charge >= 0.3 is 0 Å². The van der Waals surface area contributed by atoms with Gasteiger partial charge in [0.25, 0.3) is 11.6 Å². The number of para-hydroxylation sites is 3. The summed E-state index contributed by atoms with van der Waals surface area (Å²) in [6.45, 7) is 2.76. The number of imidazole rings is 1. The number of hydrogen-bond acceptors (Lipinski definition) is 4. The number of H-pyrrole nitrogens is 1. The van der Waals surface area contributed by atoms with Crippen molar-refractivity contribution in [2.45, 2.75) is 25.7 Å². The van der Waals surface area contributed by atoms with E-state index in [1.165, 1.54) is 6.07 Å². The zero-order valence-corrected chi connectivity index (χ0v) is 15.0. The van der Waals surface area contributed by atoms with Gasteiger partial charge in [-0.3, -0.25) is 14.9 Å². The average Bonchev–Trinajstić information content (AvgIpc) is 3.11. The summed E-state index contributed by atoms with van der Waals surface area (Å²) < 4.78 is 0. The number of aromatic nitrogens is 2. The fourth-order valence-corrected chi connectivity index (χ4v) is 3.79. The fraction of sp³-hybridized carbons (Fsp3) is 0.300. The van der Waals surface area contributed by atoms with Gasteiger partial charge in [0, 0.05) is 24.6 Å². The molecule has 1 N–H and O–H groups in total. The summed E-state index contributed by atoms with van der Waals surface area (Å²) >= 11 is 0. The van der Waals surface area contributed by atoms with Gasteiger partial charge in [0.1, 0.15) is 11.4 Å². The van der Waals surface area contributed by atoms with Crippen molar-refractivity contribution in [1.29, 1.82) is 0 Å². The second kappa shape index (κ2) is 6.83. The van der Waals surface area contributed by atoms with E-state index in [0.717, 1.165) is 29.7 Å². The van der Waals surface area contributed by atoms with E-state index in [2.05, 4.69) is 9.97 Å². The third kappa shape index (κ3) is 3.16. The number of aryl methyl sites for hydroxylation is 1. The number of nitrogens with zero attached hydrogens (tertiary/aromatic N) is 3. The van der Waals surface area contributed by atoms with Crippen LogP contribution in [-0.4, -0.2) is 38.8 Å². The summed E-state index contributed by atoms with van der Waals surface area (Å²) in [7, 11) is 0. The molecule has 1 aliphatic rings. The number of nitro groups is 1. The number of nitrogens with one attached hydrogen (secondary N) is 1. The minimum absolute atomic E-state index is 0.0963. The average molecular weight is 364 g/mol. The van der Waals surface area contributed by atoms with Crippen LogP contribution in [0.15, 0.2) is 42.5 Å². The van der Waals surface area contributed by atoms with Crippen molar-refractivity contribution < 1.29 is 9.72 Å². The number of likely N-dealkylation sites (tertiary alicyclic amines) is 1. The Balaban J connectivity index is 1.61. The predicted octanol–water partition coefficient (Wildman–Crippen LogP) is 3.80. The molecule has 0 bridgehead atoms. The van der Waals surface area contributed by atoms with Crippen molar-refractivity contribution in [3.8, 4) is 0 Å². The molecule has 1 aromatic heterocycles. The molecule has 0 saturated carbocycles. The lowest BCUT2D eigenvalue weighted by Crippen LogP contribution is -2.39. The number of benzene rings is 2. The summed E-state index contributed by atoms with van der Waals surface area (Å²) in [6, 6.07) is 12.7. The van der Waals surface area contributed by atoms with E-state index in [0.29, 0.717) is 18.7 Å². The Morgan fingerprint density at radius 2 is 2.07 bits per heavy atom. The third-order valence-corrected chi connectivity index (χ3v) is 5.15. The highest BCUT2D eigenvalue weighted by Gasteiger charge is 2.31. The zero-order chi connectivity index (χ0) is 19.0. The summed E-state index contributed by atoms with van der Waals surface area (Å²) in [5.74, 6) is 0.678. The maximum absolute atomic E-state index is 13.0. The van der Waals surface area contributed by atoms with Crippen molar-refractivity contribution in [2.75, 3.05) is 13.1 Å². The fourth-order valence-electron chi connectivity index (χ4n) is 3.79. The first-order chi connectivity index (χ1) is 13.0. The van der Waals surface area contributed by atoms with Gasteiger partial charge in [-0.1, -0.05) is 24.3 Å². The number of rotatable bonds is 3. The molecule has 1 fully saturated rings. The zero-order valence-electron chi connectivity index (χ0n) is 15.0. The summed E-state index contributed by atoms with van der Waals surface area (Å²) in [4.78, 5) is 33.7. The van der Waals surface area contributed by atoms with Crippen molar-refractivity contribution >= 4 is 22.6 Å². The first-order valence-electron chi connectivity index (χ1n) is 9.02. The molecule has 0 aliphatic carbocycles. The molecule has 3 aromatic rings. The molecule has 1 atom stereocenters. The van der Waals surface area contributed by atoms with Gasteiger partial charge in [0.05, 0.1) is 16.0 Å². The van der Waals surface area contributed by atoms with Gasteiger partial charge in [-0.15, -0.1) is 0 Å². The van der Waals surface area contributed by atoms with E-state index in [9.17, 15) is 14.9 Å². The Kier molecular flexibility index (Phi) is 4.35. The van der Waals surface area contributed by atoms with Crippen LogP contribution in [0.3, 0.4) is 0 Å². The second-order valence-electron chi connectivity index (χ2n) is 6.96. The second-order valence-corrected chi connectivity index (χ2v) is 6.96. The van der Waals surface area contributed by atoms with E-state index in [1.807, 2.05) is 24.3 Å². The Morgan fingerprint density at radius 3 is 2.85 bits per heavy atom. The lowest BCUT2D eigenvalue weighted by molar-refractivity contribution is -0.385. The van der Waals surface area contributed by atoms with Gasteiger partial charge in [-0.2, -0.15) is 0 Å². The Morgan fingerprint density at radius 1 is 1.26 bits per heavy atom. The van der Waals surface area contributed by atoms with Crippen LogP contribution in [0, 0.1) is 17.0 Å². The van der Waals surface area contributed by atoms with Crippen LogP contribution in [0.5, 0.6) is 0 Å². The highest BCUT2D eigenvalue weighted by molar-refractivity contribution is 5.98. The molecule has 7 heteroatoms. The van der Waals surface area contributed by atoms with Crippen LogP contribution < -0.4 is 0 Å². The highest BCUT2D eigenvalue weighted by atomic mass is 16.6. The third-order valence-electron chi connectivity index (χ3n) is 5.15. The molecule has 0 spiro atoms. The predicted molar refractivity (Wildman–Crippen MR) is 102 cm³/mol. The maximum Gasteiger partial charge on any atom is 0.285 e. The molecule has 2 heterocycles. The van der Waals surface area contributed by atoms with E-state index in [4.69, 9.17) is 0 Å². The van der Waals surface area contributed by atoms with E-state index < -0.39 is 4.92 Å². The molecule has 0 unspecified atom stereocenters. The van der Waals surface area contributed by atoms with Crippen LogP contribution in [0.25, 0.3) is 11.0 Å². The first-order valence-corrected chi connectivity index (χ1v) is 9.02. The van der Waals surface area contributed by atoms with E-state index in [1.54, 1.807) is 24.0 Å². The topological polar surface area (TPSA) is 92.1 Å². The Bertz CT molecular complexity index is 994. The molecule has 2 aromatic carbocycles. The number of piperidine rings is 1. The van der Waals surface area contributed by atoms with Crippen LogP contribution >= 0.6 is 0 Å². The molecular weight excluding hydrogens is 344 g/mol. The van der Waals surface area contributed by atoms with Gasteiger partial charge in [0.2, 0.25) is 0 Å². The number of hydrogen-bond donors (Lipinski definition) is 1. The first kappa shape index (κ1) is 17.2. The lowest BCUT2D eigenvalue weighted by Gasteiger charge is -2.31. The Hall–Kier alpha value is -3.22. The Labute approximate surface area is 156 Å². The molecule has 138 valence electrons. The van der Waals surface area contributed by atoms with Crippen molar-refractivity contribution in [3.05, 3.63) is 69.5 Å². The van der Waals surface area contributed by atoms with E-state index in [-0.39, 0.29) is 23.1 Å².